The Hall–Kier alpha value is -3.18. The van der Waals surface area contributed by atoms with Crippen LogP contribution in [0.2, 0.25) is 5.02 Å². The van der Waals surface area contributed by atoms with Crippen LogP contribution in [0.15, 0.2) is 78.9 Å². The number of nitrogens with one attached hydrogen (secondary N) is 1. The molecule has 33 heavy (non-hydrogen) atoms. The van der Waals surface area contributed by atoms with E-state index in [9.17, 15) is 14.0 Å². The lowest BCUT2D eigenvalue weighted by Crippen LogP contribution is -2.51. The molecule has 0 spiro atoms. The van der Waals surface area contributed by atoms with Crippen molar-refractivity contribution in [3.8, 4) is 0 Å². The van der Waals surface area contributed by atoms with Crippen molar-refractivity contribution in [2.24, 2.45) is 0 Å². The van der Waals surface area contributed by atoms with Crippen molar-refractivity contribution in [2.45, 2.75) is 38.8 Å². The number of amides is 2. The summed E-state index contributed by atoms with van der Waals surface area (Å²) in [6.07, 6.45) is 1.21. The number of rotatable bonds is 10. The smallest absolute Gasteiger partial charge is 0.243 e. The van der Waals surface area contributed by atoms with Gasteiger partial charge in [0.1, 0.15) is 11.9 Å². The van der Waals surface area contributed by atoms with Gasteiger partial charge < -0.3 is 10.2 Å². The second-order valence-corrected chi connectivity index (χ2v) is 8.32. The Kier molecular flexibility index (Phi) is 9.02. The largest absolute Gasteiger partial charge is 0.354 e. The second kappa shape index (κ2) is 12.2. The van der Waals surface area contributed by atoms with E-state index in [0.29, 0.717) is 23.6 Å². The molecule has 0 saturated heterocycles. The third-order valence-corrected chi connectivity index (χ3v) is 5.76. The lowest BCUT2D eigenvalue weighted by atomic mass is 10.0. The Morgan fingerprint density at radius 2 is 1.61 bits per heavy atom. The molecule has 1 N–H and O–H groups in total. The minimum atomic E-state index is -0.719. The van der Waals surface area contributed by atoms with Crippen LogP contribution in [0.5, 0.6) is 0 Å². The van der Waals surface area contributed by atoms with E-state index in [2.05, 4.69) is 5.32 Å². The summed E-state index contributed by atoms with van der Waals surface area (Å²) in [7, 11) is 0. The zero-order chi connectivity index (χ0) is 23.6. The topological polar surface area (TPSA) is 49.4 Å². The summed E-state index contributed by atoms with van der Waals surface area (Å²) < 4.78 is 13.3. The first-order valence-electron chi connectivity index (χ1n) is 11.1. The van der Waals surface area contributed by atoms with Crippen molar-refractivity contribution in [1.82, 2.24) is 10.2 Å². The number of nitrogens with zero attached hydrogens (tertiary/aromatic N) is 1. The van der Waals surface area contributed by atoms with Gasteiger partial charge in [0.05, 0.1) is 6.42 Å². The van der Waals surface area contributed by atoms with Crippen LogP contribution in [0.1, 0.15) is 30.0 Å². The Bertz CT molecular complexity index is 1060. The molecular weight excluding hydrogens is 439 g/mol. The van der Waals surface area contributed by atoms with Gasteiger partial charge in [-0.05, 0) is 41.3 Å². The van der Waals surface area contributed by atoms with Gasteiger partial charge in [-0.1, -0.05) is 79.2 Å². The molecule has 0 saturated carbocycles. The van der Waals surface area contributed by atoms with Crippen LogP contribution >= 0.6 is 11.6 Å². The molecule has 0 bridgehead atoms. The maximum Gasteiger partial charge on any atom is 0.243 e. The van der Waals surface area contributed by atoms with Gasteiger partial charge in [-0.15, -0.1) is 0 Å². The van der Waals surface area contributed by atoms with Crippen molar-refractivity contribution in [3.05, 3.63) is 106 Å². The van der Waals surface area contributed by atoms with Crippen molar-refractivity contribution in [2.75, 3.05) is 6.54 Å². The molecule has 0 heterocycles. The van der Waals surface area contributed by atoms with E-state index in [1.807, 2.05) is 55.5 Å². The monoisotopic (exact) mass is 466 g/mol. The molecule has 0 aliphatic heterocycles. The van der Waals surface area contributed by atoms with Gasteiger partial charge in [-0.25, -0.2) is 4.39 Å². The van der Waals surface area contributed by atoms with Crippen molar-refractivity contribution in [1.29, 1.82) is 0 Å². The van der Waals surface area contributed by atoms with Crippen LogP contribution in [0.3, 0.4) is 0 Å². The van der Waals surface area contributed by atoms with Gasteiger partial charge in [0.15, 0.2) is 0 Å². The first-order valence-corrected chi connectivity index (χ1v) is 11.4. The normalized spacial score (nSPS) is 11.6. The fourth-order valence-electron chi connectivity index (χ4n) is 3.61. The highest BCUT2D eigenvalue weighted by molar-refractivity contribution is 6.31. The molecule has 0 radical (unpaired) electrons. The molecule has 1 atom stereocenters. The Morgan fingerprint density at radius 1 is 0.939 bits per heavy atom. The Balaban J connectivity index is 1.95. The van der Waals surface area contributed by atoms with E-state index >= 15 is 0 Å². The summed E-state index contributed by atoms with van der Waals surface area (Å²) in [6.45, 7) is 2.70. The zero-order valence-electron chi connectivity index (χ0n) is 18.6. The predicted molar refractivity (Wildman–Crippen MR) is 129 cm³/mol. The standard InChI is InChI=1S/C27H28ClFN2O2/c1-2-16-30-27(33)25(17-20-8-4-3-5-9-20)31(19-22-10-6-7-11-24(22)28)26(32)18-21-12-14-23(29)15-13-21/h3-15,25H,2,16-19H2,1H3,(H,30,33)/t25-/m1/s1. The van der Waals surface area contributed by atoms with Crippen LogP contribution in [-0.2, 0) is 29.0 Å². The van der Waals surface area contributed by atoms with Gasteiger partial charge in [0, 0.05) is 24.5 Å². The molecule has 4 nitrogen and oxygen atoms in total. The SMILES string of the molecule is CCCNC(=O)[C@@H](Cc1ccccc1)N(Cc1ccccc1Cl)C(=O)Cc1ccc(F)cc1. The zero-order valence-corrected chi connectivity index (χ0v) is 19.4. The number of halogens is 2. The van der Waals surface area contributed by atoms with Crippen molar-refractivity contribution >= 4 is 23.4 Å². The second-order valence-electron chi connectivity index (χ2n) is 7.91. The lowest BCUT2D eigenvalue weighted by Gasteiger charge is -2.32. The third kappa shape index (κ3) is 7.16. The first-order chi connectivity index (χ1) is 16.0. The molecule has 3 aromatic carbocycles. The summed E-state index contributed by atoms with van der Waals surface area (Å²) in [5, 5.41) is 3.48. The molecule has 3 rings (SSSR count). The van der Waals surface area contributed by atoms with Gasteiger partial charge in [-0.3, -0.25) is 9.59 Å². The molecule has 172 valence electrons. The van der Waals surface area contributed by atoms with E-state index in [4.69, 9.17) is 11.6 Å². The summed E-state index contributed by atoms with van der Waals surface area (Å²) in [6, 6.07) is 22.0. The summed E-state index contributed by atoms with van der Waals surface area (Å²) in [4.78, 5) is 28.4. The Labute approximate surface area is 199 Å². The number of hydrogen-bond donors (Lipinski definition) is 1. The Morgan fingerprint density at radius 3 is 2.27 bits per heavy atom. The molecule has 0 unspecified atom stereocenters. The maximum atomic E-state index is 13.5. The van der Waals surface area contributed by atoms with Gasteiger partial charge in [0.25, 0.3) is 0 Å². The molecule has 0 aromatic heterocycles. The highest BCUT2D eigenvalue weighted by atomic mass is 35.5. The highest BCUT2D eigenvalue weighted by Crippen LogP contribution is 2.21. The minimum absolute atomic E-state index is 0.0527. The number of hydrogen-bond acceptors (Lipinski definition) is 2. The van der Waals surface area contributed by atoms with Gasteiger partial charge in [-0.2, -0.15) is 0 Å². The van der Waals surface area contributed by atoms with Crippen LogP contribution in [0, 0.1) is 5.82 Å². The fraction of sp³-hybridized carbons (Fsp3) is 0.259. The van der Waals surface area contributed by atoms with Crippen LogP contribution in [0.4, 0.5) is 4.39 Å². The van der Waals surface area contributed by atoms with Crippen LogP contribution < -0.4 is 5.32 Å². The molecule has 0 aliphatic carbocycles. The van der Waals surface area contributed by atoms with Gasteiger partial charge in [0.2, 0.25) is 11.8 Å². The summed E-state index contributed by atoms with van der Waals surface area (Å²) >= 11 is 6.40. The maximum absolute atomic E-state index is 13.5. The molecule has 0 fully saturated rings. The number of benzene rings is 3. The highest BCUT2D eigenvalue weighted by Gasteiger charge is 2.30. The fourth-order valence-corrected chi connectivity index (χ4v) is 3.80. The third-order valence-electron chi connectivity index (χ3n) is 5.39. The van der Waals surface area contributed by atoms with E-state index in [0.717, 1.165) is 17.5 Å². The summed E-state index contributed by atoms with van der Waals surface area (Å²) in [5.41, 5.74) is 2.39. The van der Waals surface area contributed by atoms with Crippen molar-refractivity contribution in [3.63, 3.8) is 0 Å². The van der Waals surface area contributed by atoms with E-state index in [1.165, 1.54) is 12.1 Å². The molecule has 2 amide bonds. The minimum Gasteiger partial charge on any atom is -0.354 e. The molecular formula is C27H28ClFN2O2. The first kappa shape index (κ1) is 24.5. The number of carbonyl (C=O) groups excluding carboxylic acids is 2. The molecule has 6 heteroatoms. The van der Waals surface area contributed by atoms with E-state index < -0.39 is 6.04 Å². The quantitative estimate of drug-likeness (QED) is 0.447. The average Bonchev–Trinajstić information content (AvgIpc) is 2.83. The van der Waals surface area contributed by atoms with Gasteiger partial charge >= 0.3 is 0 Å². The van der Waals surface area contributed by atoms with E-state index in [1.54, 1.807) is 23.1 Å². The van der Waals surface area contributed by atoms with E-state index in [-0.39, 0.29) is 30.6 Å². The lowest BCUT2D eigenvalue weighted by molar-refractivity contribution is -0.140. The molecule has 0 aliphatic rings. The molecule has 3 aromatic rings. The predicted octanol–water partition coefficient (Wildman–Crippen LogP) is 5.19. The average molecular weight is 467 g/mol. The number of carbonyl (C=O) groups is 2. The van der Waals surface area contributed by atoms with Crippen molar-refractivity contribution < 1.29 is 14.0 Å². The summed E-state index contributed by atoms with van der Waals surface area (Å²) in [5.74, 6) is -0.797. The van der Waals surface area contributed by atoms with Crippen LogP contribution in [0.25, 0.3) is 0 Å². The van der Waals surface area contributed by atoms with Crippen LogP contribution in [-0.4, -0.2) is 29.3 Å².